The summed E-state index contributed by atoms with van der Waals surface area (Å²) >= 11 is 0. The first-order chi connectivity index (χ1) is 12.0. The standard InChI is InChI=1S/C16H19F9O2/c1-7-8(2)10-5-9(7)6-11(10)12(26)27-4-3-13(17,18)14(19,20)15(21,22)16(23,24)25/h7-11H,3-6H2,1-2H3. The van der Waals surface area contributed by atoms with E-state index in [0.717, 1.165) is 6.42 Å². The predicted molar refractivity (Wildman–Crippen MR) is 74.5 cm³/mol. The molecule has 0 spiro atoms. The molecular formula is C16H19F9O2. The lowest BCUT2D eigenvalue weighted by molar-refractivity contribution is -0.397. The fraction of sp³-hybridized carbons (Fsp3) is 0.938. The monoisotopic (exact) mass is 414 g/mol. The van der Waals surface area contributed by atoms with Gasteiger partial charge in [0.05, 0.1) is 18.9 Å². The van der Waals surface area contributed by atoms with E-state index in [1.54, 1.807) is 0 Å². The molecular weight excluding hydrogens is 395 g/mol. The van der Waals surface area contributed by atoms with E-state index in [1.165, 1.54) is 0 Å². The molecule has 0 N–H and O–H groups in total. The van der Waals surface area contributed by atoms with Crippen molar-refractivity contribution in [3.63, 3.8) is 0 Å². The van der Waals surface area contributed by atoms with Crippen LogP contribution in [0, 0.1) is 29.6 Å². The molecule has 2 nitrogen and oxygen atoms in total. The van der Waals surface area contributed by atoms with E-state index < -0.39 is 48.9 Å². The number of fused-ring (bicyclic) bond motifs is 2. The summed E-state index contributed by atoms with van der Waals surface area (Å²) in [6.07, 6.45) is -7.81. The Morgan fingerprint density at radius 3 is 1.89 bits per heavy atom. The average Bonchev–Trinajstić information content (AvgIpc) is 3.06. The number of carbonyl (C=O) groups excluding carboxylic acids is 1. The Balaban J connectivity index is 1.95. The molecule has 2 saturated carbocycles. The molecule has 0 aromatic heterocycles. The summed E-state index contributed by atoms with van der Waals surface area (Å²) < 4.78 is 119. The van der Waals surface area contributed by atoms with Crippen LogP contribution in [0.4, 0.5) is 39.5 Å². The van der Waals surface area contributed by atoms with E-state index in [-0.39, 0.29) is 17.8 Å². The van der Waals surface area contributed by atoms with Crippen LogP contribution in [0.1, 0.15) is 33.1 Å². The van der Waals surface area contributed by atoms with Crippen LogP contribution in [0.5, 0.6) is 0 Å². The van der Waals surface area contributed by atoms with E-state index in [1.807, 2.05) is 13.8 Å². The SMILES string of the molecule is CC1C2CC(C(=O)OCCC(F)(F)C(F)(F)C(F)(F)C(F)(F)F)C(C2)C1C. The number of ether oxygens (including phenoxy) is 1. The van der Waals surface area contributed by atoms with Gasteiger partial charge in [0.1, 0.15) is 0 Å². The molecule has 0 heterocycles. The van der Waals surface area contributed by atoms with Crippen molar-refractivity contribution >= 4 is 5.97 Å². The summed E-state index contributed by atoms with van der Waals surface area (Å²) in [5, 5.41) is 0. The zero-order valence-corrected chi connectivity index (χ0v) is 14.4. The molecule has 2 aliphatic carbocycles. The number of hydrogen-bond acceptors (Lipinski definition) is 2. The van der Waals surface area contributed by atoms with Crippen molar-refractivity contribution in [1.29, 1.82) is 0 Å². The summed E-state index contributed by atoms with van der Waals surface area (Å²) in [6, 6.07) is 0. The molecule has 2 rings (SSSR count). The molecule has 5 unspecified atom stereocenters. The largest absolute Gasteiger partial charge is 0.465 e. The Bertz CT molecular complexity index is 571. The van der Waals surface area contributed by atoms with Crippen LogP contribution in [0.15, 0.2) is 0 Å². The average molecular weight is 414 g/mol. The highest BCUT2D eigenvalue weighted by molar-refractivity contribution is 5.73. The summed E-state index contributed by atoms with van der Waals surface area (Å²) in [7, 11) is 0. The highest BCUT2D eigenvalue weighted by Gasteiger charge is 2.81. The number of halogens is 9. The maximum Gasteiger partial charge on any atom is 0.460 e. The third-order valence-electron chi connectivity index (χ3n) is 6.07. The zero-order chi connectivity index (χ0) is 21.0. The Morgan fingerprint density at radius 1 is 0.889 bits per heavy atom. The van der Waals surface area contributed by atoms with E-state index in [2.05, 4.69) is 4.74 Å². The van der Waals surface area contributed by atoms with Gasteiger partial charge in [0.15, 0.2) is 0 Å². The van der Waals surface area contributed by atoms with Gasteiger partial charge >= 0.3 is 29.9 Å². The molecule has 158 valence electrons. The Morgan fingerprint density at radius 2 is 1.44 bits per heavy atom. The van der Waals surface area contributed by atoms with Gasteiger partial charge in [-0.15, -0.1) is 0 Å². The quantitative estimate of drug-likeness (QED) is 0.435. The van der Waals surface area contributed by atoms with Crippen LogP contribution in [0.2, 0.25) is 0 Å². The number of hydrogen-bond donors (Lipinski definition) is 0. The van der Waals surface area contributed by atoms with Crippen molar-refractivity contribution in [2.24, 2.45) is 29.6 Å². The lowest BCUT2D eigenvalue weighted by atomic mass is 9.76. The number of alkyl halides is 9. The summed E-state index contributed by atoms with van der Waals surface area (Å²) in [4.78, 5) is 12.0. The summed E-state index contributed by atoms with van der Waals surface area (Å²) in [6.45, 7) is 2.55. The van der Waals surface area contributed by atoms with Crippen molar-refractivity contribution < 1.29 is 49.0 Å². The van der Waals surface area contributed by atoms with Crippen LogP contribution in [-0.2, 0) is 9.53 Å². The van der Waals surface area contributed by atoms with Crippen LogP contribution in [-0.4, -0.2) is 36.5 Å². The van der Waals surface area contributed by atoms with Gasteiger partial charge in [-0.3, -0.25) is 4.79 Å². The number of esters is 1. The molecule has 0 aliphatic heterocycles. The first-order valence-corrected chi connectivity index (χ1v) is 8.41. The van der Waals surface area contributed by atoms with E-state index in [9.17, 15) is 44.3 Å². The van der Waals surface area contributed by atoms with Crippen LogP contribution in [0.3, 0.4) is 0 Å². The fourth-order valence-electron chi connectivity index (χ4n) is 4.16. The molecule has 0 amide bonds. The predicted octanol–water partition coefficient (Wildman–Crippen LogP) is 5.32. The van der Waals surface area contributed by atoms with Crippen molar-refractivity contribution in [2.75, 3.05) is 6.61 Å². The second-order valence-electron chi connectivity index (χ2n) is 7.49. The number of rotatable bonds is 6. The van der Waals surface area contributed by atoms with Gasteiger partial charge in [-0.05, 0) is 36.5 Å². The van der Waals surface area contributed by atoms with Crippen LogP contribution in [0.25, 0.3) is 0 Å². The van der Waals surface area contributed by atoms with Crippen molar-refractivity contribution in [3.8, 4) is 0 Å². The van der Waals surface area contributed by atoms with Gasteiger partial charge in [-0.1, -0.05) is 13.8 Å². The zero-order valence-electron chi connectivity index (χ0n) is 14.4. The molecule has 2 bridgehead atoms. The first-order valence-electron chi connectivity index (χ1n) is 8.41. The second-order valence-corrected chi connectivity index (χ2v) is 7.49. The Labute approximate surface area is 149 Å². The van der Waals surface area contributed by atoms with Crippen molar-refractivity contribution in [1.82, 2.24) is 0 Å². The van der Waals surface area contributed by atoms with Crippen LogP contribution < -0.4 is 0 Å². The fourth-order valence-corrected chi connectivity index (χ4v) is 4.16. The maximum atomic E-state index is 13.4. The topological polar surface area (TPSA) is 26.3 Å². The minimum atomic E-state index is -6.93. The molecule has 0 saturated heterocycles. The molecule has 2 aliphatic rings. The van der Waals surface area contributed by atoms with Crippen molar-refractivity contribution in [2.45, 2.75) is 57.1 Å². The summed E-state index contributed by atoms with van der Waals surface area (Å²) in [5.41, 5.74) is 0. The van der Waals surface area contributed by atoms with E-state index >= 15 is 0 Å². The van der Waals surface area contributed by atoms with E-state index in [0.29, 0.717) is 12.3 Å². The summed E-state index contributed by atoms with van der Waals surface area (Å²) in [5.74, 6) is -20.1. The van der Waals surface area contributed by atoms with E-state index in [4.69, 9.17) is 0 Å². The highest BCUT2D eigenvalue weighted by Crippen LogP contribution is 2.56. The normalized spacial score (nSPS) is 32.0. The Kier molecular flexibility index (Phi) is 5.51. The van der Waals surface area contributed by atoms with Gasteiger partial charge in [0, 0.05) is 0 Å². The Hall–Kier alpha value is -1.16. The van der Waals surface area contributed by atoms with Gasteiger partial charge in [-0.25, -0.2) is 0 Å². The number of carbonyl (C=O) groups is 1. The van der Waals surface area contributed by atoms with Gasteiger partial charge in [0.25, 0.3) is 0 Å². The molecule has 5 atom stereocenters. The molecule has 2 fully saturated rings. The third kappa shape index (κ3) is 3.50. The molecule has 11 heteroatoms. The lowest BCUT2D eigenvalue weighted by Crippen LogP contribution is -2.61. The smallest absolute Gasteiger partial charge is 0.460 e. The second kappa shape index (κ2) is 6.72. The van der Waals surface area contributed by atoms with Crippen LogP contribution >= 0.6 is 0 Å². The minimum absolute atomic E-state index is 0.0472. The molecule has 0 radical (unpaired) electrons. The first kappa shape index (κ1) is 22.1. The van der Waals surface area contributed by atoms with Gasteiger partial charge < -0.3 is 4.74 Å². The molecule has 0 aromatic carbocycles. The molecule has 0 aromatic rings. The van der Waals surface area contributed by atoms with Gasteiger partial charge in [0.2, 0.25) is 0 Å². The lowest BCUT2D eigenvalue weighted by Gasteiger charge is -2.34. The van der Waals surface area contributed by atoms with Gasteiger partial charge in [-0.2, -0.15) is 39.5 Å². The van der Waals surface area contributed by atoms with Crippen molar-refractivity contribution in [3.05, 3.63) is 0 Å². The minimum Gasteiger partial charge on any atom is -0.465 e. The highest BCUT2D eigenvalue weighted by atomic mass is 19.4. The molecule has 27 heavy (non-hydrogen) atoms. The maximum absolute atomic E-state index is 13.4. The third-order valence-corrected chi connectivity index (χ3v) is 6.07.